The average Bonchev–Trinajstić information content (AvgIpc) is 2.46. The second-order valence-corrected chi connectivity index (χ2v) is 6.01. The summed E-state index contributed by atoms with van der Waals surface area (Å²) in [6.45, 7) is 6.02. The Bertz CT molecular complexity index is 679. The Balaban J connectivity index is 2.42. The van der Waals surface area contributed by atoms with E-state index in [9.17, 15) is 14.7 Å². The Morgan fingerprint density at radius 3 is 2.10 bits per heavy atom. The molecule has 0 amide bonds. The second-order valence-electron chi connectivity index (χ2n) is 6.01. The molecular formula is C18H18O3. The Morgan fingerprint density at radius 1 is 0.905 bits per heavy atom. The van der Waals surface area contributed by atoms with Crippen molar-refractivity contribution in [2.24, 2.45) is 0 Å². The molecule has 0 heterocycles. The number of rotatable bonds is 3. The van der Waals surface area contributed by atoms with Gasteiger partial charge in [0.25, 0.3) is 0 Å². The predicted molar refractivity (Wildman–Crippen MR) is 81.9 cm³/mol. The summed E-state index contributed by atoms with van der Waals surface area (Å²) >= 11 is 0. The third kappa shape index (κ3) is 3.19. The SMILES string of the molecule is CC(C)(C)c1ccc(O)c(C(=O)C(=O)c2ccccc2)c1. The van der Waals surface area contributed by atoms with E-state index in [4.69, 9.17) is 0 Å². The average molecular weight is 282 g/mol. The summed E-state index contributed by atoms with van der Waals surface area (Å²) in [5.41, 5.74) is 1.10. The third-order valence-corrected chi connectivity index (χ3v) is 3.35. The van der Waals surface area contributed by atoms with E-state index in [1.54, 1.807) is 42.5 Å². The zero-order valence-corrected chi connectivity index (χ0v) is 12.4. The molecule has 0 spiro atoms. The highest BCUT2D eigenvalue weighted by molar-refractivity contribution is 6.49. The molecule has 0 atom stereocenters. The Morgan fingerprint density at radius 2 is 1.52 bits per heavy atom. The van der Waals surface area contributed by atoms with Crippen LogP contribution in [0.15, 0.2) is 48.5 Å². The van der Waals surface area contributed by atoms with Gasteiger partial charge in [0.05, 0.1) is 5.56 Å². The normalized spacial score (nSPS) is 11.2. The van der Waals surface area contributed by atoms with Crippen LogP contribution in [-0.2, 0) is 5.41 Å². The van der Waals surface area contributed by atoms with E-state index in [0.29, 0.717) is 5.56 Å². The van der Waals surface area contributed by atoms with Gasteiger partial charge in [-0.3, -0.25) is 9.59 Å². The van der Waals surface area contributed by atoms with Crippen molar-refractivity contribution in [3.8, 4) is 5.75 Å². The standard InChI is InChI=1S/C18H18O3/c1-18(2,3)13-9-10-15(19)14(11-13)17(21)16(20)12-7-5-4-6-8-12/h4-11,19H,1-3H3. The molecule has 0 unspecified atom stereocenters. The minimum atomic E-state index is -0.690. The number of ketones is 2. The smallest absolute Gasteiger partial charge is 0.237 e. The lowest BCUT2D eigenvalue weighted by Crippen LogP contribution is -2.17. The second kappa shape index (κ2) is 5.52. The maximum Gasteiger partial charge on any atom is 0.237 e. The molecule has 0 saturated carbocycles. The fourth-order valence-electron chi connectivity index (χ4n) is 2.03. The van der Waals surface area contributed by atoms with Crippen molar-refractivity contribution in [2.45, 2.75) is 26.2 Å². The number of carbonyl (C=O) groups excluding carboxylic acids is 2. The third-order valence-electron chi connectivity index (χ3n) is 3.35. The lowest BCUT2D eigenvalue weighted by Gasteiger charge is -2.20. The van der Waals surface area contributed by atoms with E-state index in [1.807, 2.05) is 20.8 Å². The summed E-state index contributed by atoms with van der Waals surface area (Å²) in [4.78, 5) is 24.5. The number of benzene rings is 2. The van der Waals surface area contributed by atoms with Gasteiger partial charge >= 0.3 is 0 Å². The Kier molecular flexibility index (Phi) is 3.94. The lowest BCUT2D eigenvalue weighted by molar-refractivity contribution is 0.0815. The molecule has 0 bridgehead atoms. The first-order valence-electron chi connectivity index (χ1n) is 6.78. The first-order chi connectivity index (χ1) is 9.80. The van der Waals surface area contributed by atoms with Gasteiger partial charge in [0.1, 0.15) is 5.75 Å². The van der Waals surface area contributed by atoms with Crippen LogP contribution in [0.5, 0.6) is 5.75 Å². The zero-order chi connectivity index (χ0) is 15.6. The van der Waals surface area contributed by atoms with Crippen LogP contribution in [0.4, 0.5) is 0 Å². The largest absolute Gasteiger partial charge is 0.507 e. The number of phenolic OH excluding ortho intramolecular Hbond substituents is 1. The molecule has 3 heteroatoms. The van der Waals surface area contributed by atoms with E-state index >= 15 is 0 Å². The molecule has 0 aromatic heterocycles. The summed E-state index contributed by atoms with van der Waals surface area (Å²) in [6.07, 6.45) is 0. The minimum absolute atomic E-state index is 0.0521. The summed E-state index contributed by atoms with van der Waals surface area (Å²) < 4.78 is 0. The molecular weight excluding hydrogens is 264 g/mol. The molecule has 0 aliphatic heterocycles. The monoisotopic (exact) mass is 282 g/mol. The van der Waals surface area contributed by atoms with Crippen LogP contribution < -0.4 is 0 Å². The maximum absolute atomic E-state index is 12.3. The molecule has 2 rings (SSSR count). The summed E-state index contributed by atoms with van der Waals surface area (Å²) in [5, 5.41) is 9.89. The predicted octanol–water partition coefficient (Wildman–Crippen LogP) is 3.76. The van der Waals surface area contributed by atoms with Crippen LogP contribution in [-0.4, -0.2) is 16.7 Å². The van der Waals surface area contributed by atoms with Crippen LogP contribution in [0.1, 0.15) is 47.1 Å². The van der Waals surface area contributed by atoms with Crippen LogP contribution >= 0.6 is 0 Å². The molecule has 0 fully saturated rings. The van der Waals surface area contributed by atoms with Crippen molar-refractivity contribution >= 4 is 11.6 Å². The molecule has 2 aromatic carbocycles. The highest BCUT2D eigenvalue weighted by Gasteiger charge is 2.23. The molecule has 0 aliphatic carbocycles. The summed E-state index contributed by atoms with van der Waals surface area (Å²) in [7, 11) is 0. The number of phenols is 1. The highest BCUT2D eigenvalue weighted by Crippen LogP contribution is 2.28. The molecule has 21 heavy (non-hydrogen) atoms. The number of hydrogen-bond donors (Lipinski definition) is 1. The van der Waals surface area contributed by atoms with E-state index < -0.39 is 11.6 Å². The van der Waals surface area contributed by atoms with Gasteiger partial charge in [0, 0.05) is 5.56 Å². The molecule has 0 saturated heterocycles. The summed E-state index contributed by atoms with van der Waals surface area (Å²) in [6, 6.07) is 13.2. The van der Waals surface area contributed by atoms with Crippen LogP contribution in [0.3, 0.4) is 0 Å². The van der Waals surface area contributed by atoms with Gasteiger partial charge in [-0.15, -0.1) is 0 Å². The van der Waals surface area contributed by atoms with Gasteiger partial charge in [0.2, 0.25) is 11.6 Å². The van der Waals surface area contributed by atoms with Gasteiger partial charge < -0.3 is 5.11 Å². The first kappa shape index (κ1) is 15.0. The minimum Gasteiger partial charge on any atom is -0.507 e. The Hall–Kier alpha value is -2.42. The fourth-order valence-corrected chi connectivity index (χ4v) is 2.03. The van der Waals surface area contributed by atoms with Crippen molar-refractivity contribution in [1.82, 2.24) is 0 Å². The van der Waals surface area contributed by atoms with Crippen LogP contribution in [0, 0.1) is 0 Å². The molecule has 3 nitrogen and oxygen atoms in total. The van der Waals surface area contributed by atoms with Crippen molar-refractivity contribution < 1.29 is 14.7 Å². The van der Waals surface area contributed by atoms with Gasteiger partial charge in [-0.2, -0.15) is 0 Å². The van der Waals surface area contributed by atoms with Crippen molar-refractivity contribution in [3.05, 3.63) is 65.2 Å². The van der Waals surface area contributed by atoms with Crippen LogP contribution in [0.2, 0.25) is 0 Å². The number of hydrogen-bond acceptors (Lipinski definition) is 3. The van der Waals surface area contributed by atoms with Crippen molar-refractivity contribution in [3.63, 3.8) is 0 Å². The van der Waals surface area contributed by atoms with Gasteiger partial charge in [0.15, 0.2) is 0 Å². The van der Waals surface area contributed by atoms with E-state index in [0.717, 1.165) is 5.56 Å². The number of Topliss-reactive ketones (excluding diaryl/α,β-unsaturated/α-hetero) is 2. The number of carbonyl (C=O) groups is 2. The summed E-state index contributed by atoms with van der Waals surface area (Å²) in [5.74, 6) is -1.47. The van der Waals surface area contributed by atoms with Crippen LogP contribution in [0.25, 0.3) is 0 Å². The topological polar surface area (TPSA) is 54.4 Å². The molecule has 108 valence electrons. The van der Waals surface area contributed by atoms with Gasteiger partial charge in [-0.25, -0.2) is 0 Å². The highest BCUT2D eigenvalue weighted by atomic mass is 16.3. The Labute approximate surface area is 124 Å². The zero-order valence-electron chi connectivity index (χ0n) is 12.4. The first-order valence-corrected chi connectivity index (χ1v) is 6.78. The lowest BCUT2D eigenvalue weighted by atomic mass is 9.85. The van der Waals surface area contributed by atoms with Crippen molar-refractivity contribution in [1.29, 1.82) is 0 Å². The number of aromatic hydroxyl groups is 1. The fraction of sp³-hybridized carbons (Fsp3) is 0.222. The van der Waals surface area contributed by atoms with Gasteiger partial charge in [-0.05, 0) is 23.1 Å². The quantitative estimate of drug-likeness (QED) is 0.689. The van der Waals surface area contributed by atoms with Crippen molar-refractivity contribution in [2.75, 3.05) is 0 Å². The van der Waals surface area contributed by atoms with E-state index in [2.05, 4.69) is 0 Å². The molecule has 1 N–H and O–H groups in total. The molecule has 0 radical (unpaired) electrons. The van der Waals surface area contributed by atoms with E-state index in [1.165, 1.54) is 6.07 Å². The molecule has 2 aromatic rings. The van der Waals surface area contributed by atoms with Gasteiger partial charge in [-0.1, -0.05) is 57.2 Å². The van der Waals surface area contributed by atoms with E-state index in [-0.39, 0.29) is 16.7 Å². The maximum atomic E-state index is 12.3. The molecule has 0 aliphatic rings.